The maximum absolute atomic E-state index is 12.9. The molecule has 0 saturated heterocycles. The van der Waals surface area contributed by atoms with Crippen molar-refractivity contribution in [2.45, 2.75) is 12.7 Å². The lowest BCUT2D eigenvalue weighted by molar-refractivity contribution is -0.141. The molecule has 2 heterocycles. The highest BCUT2D eigenvalue weighted by Gasteiger charge is 2.32. The summed E-state index contributed by atoms with van der Waals surface area (Å²) in [4.78, 5) is 9.68. The van der Waals surface area contributed by atoms with Crippen molar-refractivity contribution >= 4 is 28.0 Å². The van der Waals surface area contributed by atoms with Crippen LogP contribution in [0.5, 0.6) is 0 Å². The summed E-state index contributed by atoms with van der Waals surface area (Å²) in [6.07, 6.45) is -3.26. The Balaban J connectivity index is 1.71. The van der Waals surface area contributed by atoms with E-state index in [2.05, 4.69) is 9.98 Å². The van der Waals surface area contributed by atoms with Crippen LogP contribution in [0.25, 0.3) is 10.8 Å². The molecule has 1 aliphatic rings. The van der Waals surface area contributed by atoms with E-state index in [9.17, 15) is 13.2 Å². The fraction of sp³-hybridized carbons (Fsp3) is 0.158. The highest BCUT2D eigenvalue weighted by Crippen LogP contribution is 2.39. The Bertz CT molecular complexity index is 1040. The van der Waals surface area contributed by atoms with Gasteiger partial charge in [0.15, 0.2) is 0 Å². The Morgan fingerprint density at radius 1 is 1.12 bits per heavy atom. The minimum atomic E-state index is -4.45. The number of pyridine rings is 1. The van der Waals surface area contributed by atoms with E-state index in [4.69, 9.17) is 5.73 Å². The highest BCUT2D eigenvalue weighted by molar-refractivity contribution is 6.20. The smallest absolute Gasteiger partial charge is 0.383 e. The summed E-state index contributed by atoms with van der Waals surface area (Å²) in [5, 5.41) is 1.94. The van der Waals surface area contributed by atoms with Crippen LogP contribution >= 0.6 is 0 Å². The van der Waals surface area contributed by atoms with Gasteiger partial charge in [0.25, 0.3) is 0 Å². The number of benzene rings is 2. The van der Waals surface area contributed by atoms with Crippen LogP contribution in [-0.2, 0) is 12.7 Å². The van der Waals surface area contributed by atoms with Crippen molar-refractivity contribution in [3.63, 3.8) is 0 Å². The number of nitrogens with two attached hydrogens (primary N) is 1. The number of aromatic nitrogens is 1. The number of anilines is 1. The second kappa shape index (κ2) is 5.72. The summed E-state index contributed by atoms with van der Waals surface area (Å²) in [5.74, 6) is 0.481. The number of nitrogens with zero attached hydrogens (tertiary/aromatic N) is 3. The van der Waals surface area contributed by atoms with E-state index in [0.29, 0.717) is 17.9 Å². The van der Waals surface area contributed by atoms with Gasteiger partial charge in [-0.15, -0.1) is 0 Å². The van der Waals surface area contributed by atoms with E-state index in [1.807, 2.05) is 42.3 Å². The Morgan fingerprint density at radius 3 is 2.69 bits per heavy atom. The van der Waals surface area contributed by atoms with E-state index in [0.717, 1.165) is 33.8 Å². The molecule has 0 fully saturated rings. The predicted molar refractivity (Wildman–Crippen MR) is 95.7 cm³/mol. The average molecular weight is 356 g/mol. The molecule has 1 aliphatic heterocycles. The zero-order chi connectivity index (χ0) is 18.5. The zero-order valence-corrected chi connectivity index (χ0v) is 13.9. The van der Waals surface area contributed by atoms with Crippen molar-refractivity contribution in [1.29, 1.82) is 0 Å². The maximum Gasteiger partial charge on any atom is 0.433 e. The first-order valence-electron chi connectivity index (χ1n) is 7.98. The first-order chi connectivity index (χ1) is 12.3. The Hall–Kier alpha value is -3.09. The Morgan fingerprint density at radius 2 is 1.92 bits per heavy atom. The summed E-state index contributed by atoms with van der Waals surface area (Å²) in [6.45, 7) is 0.320. The van der Waals surface area contributed by atoms with Crippen LogP contribution in [0.3, 0.4) is 0 Å². The van der Waals surface area contributed by atoms with E-state index >= 15 is 0 Å². The van der Waals surface area contributed by atoms with Crippen LogP contribution in [0.4, 0.5) is 24.5 Å². The molecule has 3 aromatic rings. The minimum absolute atomic E-state index is 0.320. The molecule has 2 N–H and O–H groups in total. The van der Waals surface area contributed by atoms with Crippen LogP contribution in [0.1, 0.15) is 16.8 Å². The normalized spacial score (nSPS) is 13.2. The van der Waals surface area contributed by atoms with Crippen molar-refractivity contribution in [3.05, 3.63) is 65.5 Å². The molecule has 132 valence electrons. The molecule has 0 atom stereocenters. The van der Waals surface area contributed by atoms with Gasteiger partial charge in [-0.1, -0.05) is 18.2 Å². The third-order valence-electron chi connectivity index (χ3n) is 4.46. The lowest BCUT2D eigenvalue weighted by Crippen LogP contribution is -2.18. The zero-order valence-electron chi connectivity index (χ0n) is 13.9. The molecule has 0 radical (unpaired) electrons. The average Bonchev–Trinajstić information content (AvgIpc) is 2.92. The lowest BCUT2D eigenvalue weighted by Gasteiger charge is -2.22. The molecule has 7 heteroatoms. The Labute approximate surface area is 147 Å². The van der Waals surface area contributed by atoms with Crippen LogP contribution in [0, 0.1) is 0 Å². The SMILES string of the molecule is CN(Cc1ccnc(C(F)(F)F)c1)c1ccc2c3c(cccc13)C(N)=N2. The van der Waals surface area contributed by atoms with Crippen molar-refractivity contribution in [2.75, 3.05) is 11.9 Å². The molecule has 4 rings (SSSR count). The summed E-state index contributed by atoms with van der Waals surface area (Å²) in [5.41, 5.74) is 8.22. The molecule has 26 heavy (non-hydrogen) atoms. The number of aliphatic imine (C=N–C) groups is 1. The maximum atomic E-state index is 12.9. The molecule has 0 saturated carbocycles. The number of rotatable bonds is 3. The number of hydrogen-bond donors (Lipinski definition) is 1. The van der Waals surface area contributed by atoms with Crippen LogP contribution in [0.15, 0.2) is 53.7 Å². The fourth-order valence-corrected chi connectivity index (χ4v) is 3.29. The summed E-state index contributed by atoms with van der Waals surface area (Å²) in [7, 11) is 1.84. The monoisotopic (exact) mass is 356 g/mol. The lowest BCUT2D eigenvalue weighted by atomic mass is 10.0. The number of halogens is 3. The largest absolute Gasteiger partial charge is 0.433 e. The van der Waals surface area contributed by atoms with Gasteiger partial charge in [0.2, 0.25) is 0 Å². The standard InChI is InChI=1S/C19H15F3N4/c1-26(10-11-7-8-24-16(9-11)19(20,21)22)15-6-5-14-17-12(15)3-2-4-13(17)18(23)25-14/h2-9H,10H2,1H3,(H2,23,25). The molecule has 0 amide bonds. The highest BCUT2D eigenvalue weighted by atomic mass is 19.4. The van der Waals surface area contributed by atoms with Gasteiger partial charge in [0, 0.05) is 41.8 Å². The van der Waals surface area contributed by atoms with Gasteiger partial charge < -0.3 is 10.6 Å². The second-order valence-electron chi connectivity index (χ2n) is 6.23. The molecule has 2 aromatic carbocycles. The minimum Gasteiger partial charge on any atom is -0.383 e. The third-order valence-corrected chi connectivity index (χ3v) is 4.46. The molecule has 4 nitrogen and oxygen atoms in total. The van der Waals surface area contributed by atoms with Crippen LogP contribution in [-0.4, -0.2) is 17.9 Å². The molecular weight excluding hydrogens is 341 g/mol. The molecule has 1 aromatic heterocycles. The van der Waals surface area contributed by atoms with E-state index in [1.54, 1.807) is 6.07 Å². The van der Waals surface area contributed by atoms with E-state index in [-0.39, 0.29) is 0 Å². The predicted octanol–water partition coefficient (Wildman–Crippen LogP) is 4.24. The van der Waals surface area contributed by atoms with Crippen molar-refractivity contribution in [2.24, 2.45) is 10.7 Å². The molecule has 0 bridgehead atoms. The van der Waals surface area contributed by atoms with Crippen LogP contribution in [0.2, 0.25) is 0 Å². The van der Waals surface area contributed by atoms with Gasteiger partial charge in [0.1, 0.15) is 11.5 Å². The van der Waals surface area contributed by atoms with E-state index < -0.39 is 11.9 Å². The topological polar surface area (TPSA) is 54.5 Å². The van der Waals surface area contributed by atoms with Gasteiger partial charge >= 0.3 is 6.18 Å². The molecule has 0 spiro atoms. The molecular formula is C19H15F3N4. The molecule has 0 aliphatic carbocycles. The quantitative estimate of drug-likeness (QED) is 0.764. The number of amidine groups is 1. The fourth-order valence-electron chi connectivity index (χ4n) is 3.29. The number of alkyl halides is 3. The van der Waals surface area contributed by atoms with Crippen molar-refractivity contribution in [3.8, 4) is 0 Å². The first kappa shape index (κ1) is 16.4. The summed E-state index contributed by atoms with van der Waals surface area (Å²) >= 11 is 0. The van der Waals surface area contributed by atoms with Gasteiger partial charge in [-0.05, 0) is 29.8 Å². The van der Waals surface area contributed by atoms with Gasteiger partial charge in [0.05, 0.1) is 5.69 Å². The van der Waals surface area contributed by atoms with Gasteiger partial charge in [-0.2, -0.15) is 13.2 Å². The second-order valence-corrected chi connectivity index (χ2v) is 6.23. The molecule has 0 unspecified atom stereocenters. The van der Waals surface area contributed by atoms with Crippen molar-refractivity contribution < 1.29 is 13.2 Å². The summed E-state index contributed by atoms with van der Waals surface area (Å²) in [6, 6.07) is 12.3. The van der Waals surface area contributed by atoms with Gasteiger partial charge in [-0.25, -0.2) is 4.99 Å². The van der Waals surface area contributed by atoms with Crippen molar-refractivity contribution in [1.82, 2.24) is 4.98 Å². The third kappa shape index (κ3) is 2.65. The van der Waals surface area contributed by atoms with Crippen LogP contribution < -0.4 is 10.6 Å². The number of hydrogen-bond acceptors (Lipinski definition) is 4. The first-order valence-corrected chi connectivity index (χ1v) is 7.98. The Kier molecular flexibility index (Phi) is 3.61. The van der Waals surface area contributed by atoms with E-state index in [1.165, 1.54) is 6.20 Å². The summed E-state index contributed by atoms with van der Waals surface area (Å²) < 4.78 is 38.6. The van der Waals surface area contributed by atoms with Gasteiger partial charge in [-0.3, -0.25) is 4.98 Å².